The first kappa shape index (κ1) is 12.5. The Morgan fingerprint density at radius 1 is 0.900 bits per heavy atom. The van der Waals surface area contributed by atoms with Crippen molar-refractivity contribution >= 4 is 27.5 Å². The molecule has 1 heterocycles. The Balaban J connectivity index is 2.29. The van der Waals surface area contributed by atoms with Gasteiger partial charge in [0.05, 0.1) is 11.0 Å². The molecule has 0 aliphatic rings. The minimum atomic E-state index is 0.973. The number of aromatic nitrogens is 1. The molecule has 0 spiro atoms. The second-order valence-electron chi connectivity index (χ2n) is 4.75. The minimum absolute atomic E-state index is 0.973. The summed E-state index contributed by atoms with van der Waals surface area (Å²) < 4.78 is 2.21. The van der Waals surface area contributed by atoms with E-state index in [0.29, 0.717) is 0 Å². The maximum Gasteiger partial charge on any atom is 0.0540 e. The minimum Gasteiger partial charge on any atom is -0.310 e. The smallest absolute Gasteiger partial charge is 0.0540 e. The standard InChI is InChI=1S/C19H17N/c1-3-4-5-10-15(2)20-18-13-8-6-11-16(18)17-12-7-9-14-19(17)20/h3-14H,2H2,1H3/b4-3-,10-5-. The van der Waals surface area contributed by atoms with Gasteiger partial charge in [0, 0.05) is 16.5 Å². The van der Waals surface area contributed by atoms with Crippen molar-refractivity contribution in [3.05, 3.63) is 79.4 Å². The highest BCUT2D eigenvalue weighted by Crippen LogP contribution is 2.31. The summed E-state index contributed by atoms with van der Waals surface area (Å²) in [4.78, 5) is 0. The number of allylic oxidation sites excluding steroid dienone is 5. The molecular formula is C19H17N. The van der Waals surface area contributed by atoms with Crippen LogP contribution in [-0.4, -0.2) is 4.57 Å². The van der Waals surface area contributed by atoms with E-state index in [-0.39, 0.29) is 0 Å². The van der Waals surface area contributed by atoms with Crippen LogP contribution in [0, 0.1) is 0 Å². The molecule has 3 aromatic rings. The molecule has 0 amide bonds. The molecule has 1 nitrogen and oxygen atoms in total. The van der Waals surface area contributed by atoms with Gasteiger partial charge < -0.3 is 4.57 Å². The van der Waals surface area contributed by atoms with Crippen LogP contribution in [0.4, 0.5) is 0 Å². The second kappa shape index (κ2) is 5.22. The third kappa shape index (κ3) is 1.97. The highest BCUT2D eigenvalue weighted by atomic mass is 15.0. The molecule has 0 bridgehead atoms. The first-order chi connectivity index (χ1) is 9.83. The van der Waals surface area contributed by atoms with Crippen LogP contribution >= 0.6 is 0 Å². The van der Waals surface area contributed by atoms with E-state index in [4.69, 9.17) is 0 Å². The van der Waals surface area contributed by atoms with Crippen LogP contribution in [0.5, 0.6) is 0 Å². The Morgan fingerprint density at radius 3 is 2.00 bits per heavy atom. The average Bonchev–Trinajstić information content (AvgIpc) is 2.82. The van der Waals surface area contributed by atoms with Crippen LogP contribution in [-0.2, 0) is 0 Å². The van der Waals surface area contributed by atoms with Gasteiger partial charge in [0.25, 0.3) is 0 Å². The van der Waals surface area contributed by atoms with E-state index in [0.717, 1.165) is 5.70 Å². The van der Waals surface area contributed by atoms with Gasteiger partial charge in [-0.05, 0) is 25.1 Å². The summed E-state index contributed by atoms with van der Waals surface area (Å²) in [6.07, 6.45) is 8.08. The molecular weight excluding hydrogens is 242 g/mol. The van der Waals surface area contributed by atoms with Crippen molar-refractivity contribution in [3.63, 3.8) is 0 Å². The summed E-state index contributed by atoms with van der Waals surface area (Å²) in [7, 11) is 0. The predicted octanol–water partition coefficient (Wildman–Crippen LogP) is 5.40. The summed E-state index contributed by atoms with van der Waals surface area (Å²) in [6, 6.07) is 16.9. The zero-order valence-electron chi connectivity index (χ0n) is 11.6. The Hall–Kier alpha value is -2.54. The molecule has 1 heteroatoms. The lowest BCUT2D eigenvalue weighted by Gasteiger charge is -2.06. The Kier molecular flexibility index (Phi) is 3.26. The topological polar surface area (TPSA) is 4.93 Å². The van der Waals surface area contributed by atoms with Crippen LogP contribution in [0.3, 0.4) is 0 Å². The SMILES string of the molecule is C=C(/C=C\C=C/C)n1c2ccccc2c2ccccc21. The van der Waals surface area contributed by atoms with Gasteiger partial charge in [0.2, 0.25) is 0 Å². The molecule has 0 N–H and O–H groups in total. The molecule has 0 saturated heterocycles. The van der Waals surface area contributed by atoms with Crippen LogP contribution < -0.4 is 0 Å². The quantitative estimate of drug-likeness (QED) is 0.555. The largest absolute Gasteiger partial charge is 0.310 e. The molecule has 1 aromatic heterocycles. The van der Waals surface area contributed by atoms with Crippen molar-refractivity contribution < 1.29 is 0 Å². The van der Waals surface area contributed by atoms with Crippen molar-refractivity contribution in [2.75, 3.05) is 0 Å². The number of hydrogen-bond acceptors (Lipinski definition) is 0. The summed E-state index contributed by atoms with van der Waals surface area (Å²) >= 11 is 0. The number of hydrogen-bond donors (Lipinski definition) is 0. The molecule has 3 rings (SSSR count). The van der Waals surface area contributed by atoms with Gasteiger partial charge in [-0.25, -0.2) is 0 Å². The predicted molar refractivity (Wildman–Crippen MR) is 88.7 cm³/mol. The number of fused-ring (bicyclic) bond motifs is 3. The monoisotopic (exact) mass is 259 g/mol. The molecule has 0 aliphatic carbocycles. The summed E-state index contributed by atoms with van der Waals surface area (Å²) in [5, 5.41) is 2.53. The van der Waals surface area contributed by atoms with E-state index in [1.165, 1.54) is 21.8 Å². The number of benzene rings is 2. The highest BCUT2D eigenvalue weighted by molar-refractivity contribution is 6.10. The zero-order valence-corrected chi connectivity index (χ0v) is 11.6. The van der Waals surface area contributed by atoms with E-state index in [1.807, 2.05) is 31.2 Å². The molecule has 0 atom stereocenters. The molecule has 0 fully saturated rings. The van der Waals surface area contributed by atoms with Crippen molar-refractivity contribution in [1.29, 1.82) is 0 Å². The van der Waals surface area contributed by atoms with Crippen molar-refractivity contribution in [2.45, 2.75) is 6.92 Å². The fraction of sp³-hybridized carbons (Fsp3) is 0.0526. The normalized spacial score (nSPS) is 12.1. The lowest BCUT2D eigenvalue weighted by Crippen LogP contribution is -1.92. The van der Waals surface area contributed by atoms with Crippen molar-refractivity contribution in [3.8, 4) is 0 Å². The van der Waals surface area contributed by atoms with Crippen LogP contribution in [0.2, 0.25) is 0 Å². The molecule has 0 unspecified atom stereocenters. The van der Waals surface area contributed by atoms with Crippen LogP contribution in [0.25, 0.3) is 27.5 Å². The van der Waals surface area contributed by atoms with E-state index in [2.05, 4.69) is 59.7 Å². The third-order valence-electron chi connectivity index (χ3n) is 3.46. The molecule has 0 aliphatic heterocycles. The van der Waals surface area contributed by atoms with Crippen LogP contribution in [0.1, 0.15) is 6.92 Å². The first-order valence-corrected chi connectivity index (χ1v) is 6.80. The van der Waals surface area contributed by atoms with Gasteiger partial charge in [-0.3, -0.25) is 0 Å². The van der Waals surface area contributed by atoms with Gasteiger partial charge in [-0.2, -0.15) is 0 Å². The average molecular weight is 259 g/mol. The number of para-hydroxylation sites is 2. The summed E-state index contributed by atoms with van der Waals surface area (Å²) in [6.45, 7) is 6.22. The fourth-order valence-electron chi connectivity index (χ4n) is 2.58. The van der Waals surface area contributed by atoms with Gasteiger partial charge in [-0.1, -0.05) is 61.2 Å². The Labute approximate surface area is 119 Å². The number of nitrogens with zero attached hydrogens (tertiary/aromatic N) is 1. The first-order valence-electron chi connectivity index (χ1n) is 6.80. The lowest BCUT2D eigenvalue weighted by molar-refractivity contribution is 1.24. The van der Waals surface area contributed by atoms with Crippen molar-refractivity contribution in [2.24, 2.45) is 0 Å². The third-order valence-corrected chi connectivity index (χ3v) is 3.46. The van der Waals surface area contributed by atoms with Crippen molar-refractivity contribution in [1.82, 2.24) is 4.57 Å². The van der Waals surface area contributed by atoms with E-state index >= 15 is 0 Å². The summed E-state index contributed by atoms with van der Waals surface area (Å²) in [5.41, 5.74) is 3.37. The zero-order chi connectivity index (χ0) is 13.9. The molecule has 2 aromatic carbocycles. The second-order valence-corrected chi connectivity index (χ2v) is 4.75. The van der Waals surface area contributed by atoms with E-state index < -0.39 is 0 Å². The Bertz CT molecular complexity index is 778. The molecule has 20 heavy (non-hydrogen) atoms. The van der Waals surface area contributed by atoms with Gasteiger partial charge in [0.1, 0.15) is 0 Å². The number of rotatable bonds is 3. The molecule has 0 radical (unpaired) electrons. The summed E-state index contributed by atoms with van der Waals surface area (Å²) in [5.74, 6) is 0. The van der Waals surface area contributed by atoms with Gasteiger partial charge in [0.15, 0.2) is 0 Å². The van der Waals surface area contributed by atoms with Gasteiger partial charge >= 0.3 is 0 Å². The maximum absolute atomic E-state index is 4.21. The fourth-order valence-corrected chi connectivity index (χ4v) is 2.58. The van der Waals surface area contributed by atoms with Gasteiger partial charge in [-0.15, -0.1) is 0 Å². The van der Waals surface area contributed by atoms with Crippen LogP contribution in [0.15, 0.2) is 79.4 Å². The van der Waals surface area contributed by atoms with E-state index in [1.54, 1.807) is 0 Å². The maximum atomic E-state index is 4.21. The Morgan fingerprint density at radius 2 is 1.45 bits per heavy atom. The highest BCUT2D eigenvalue weighted by Gasteiger charge is 2.09. The lowest BCUT2D eigenvalue weighted by atomic mass is 10.2. The molecule has 0 saturated carbocycles. The molecule has 98 valence electrons. The van der Waals surface area contributed by atoms with E-state index in [9.17, 15) is 0 Å².